The number of fused-ring (bicyclic) bond motifs is 9. The van der Waals surface area contributed by atoms with Crippen LogP contribution in [-0.2, 0) is 5.41 Å². The molecule has 2 aliphatic rings. The summed E-state index contributed by atoms with van der Waals surface area (Å²) >= 11 is 0. The molecule has 8 aromatic carbocycles. The lowest BCUT2D eigenvalue weighted by atomic mass is 9.65. The first-order valence-electron chi connectivity index (χ1n) is 21.8. The zero-order valence-corrected chi connectivity index (χ0v) is 35.5. The minimum Gasteiger partial charge on any atom is -0.456 e. The summed E-state index contributed by atoms with van der Waals surface area (Å²) in [5, 5.41) is 0. The maximum Gasteiger partial charge on any atom is 0.141 e. The number of ether oxygens (including phenoxy) is 1. The van der Waals surface area contributed by atoms with E-state index in [4.69, 9.17) is 14.7 Å². The van der Waals surface area contributed by atoms with Crippen molar-refractivity contribution in [2.24, 2.45) is 0 Å². The number of aryl methyl sites for hydroxylation is 2. The molecule has 4 nitrogen and oxygen atoms in total. The second-order valence-corrected chi connectivity index (χ2v) is 16.8. The van der Waals surface area contributed by atoms with Gasteiger partial charge in [0.2, 0.25) is 0 Å². The van der Waals surface area contributed by atoms with Crippen molar-refractivity contribution >= 4 is 0 Å². The van der Waals surface area contributed by atoms with Crippen molar-refractivity contribution in [1.29, 1.82) is 0 Å². The van der Waals surface area contributed by atoms with E-state index in [2.05, 4.69) is 206 Å². The van der Waals surface area contributed by atoms with Crippen LogP contribution < -0.4 is 4.74 Å². The van der Waals surface area contributed by atoms with Crippen molar-refractivity contribution in [3.8, 4) is 89.6 Å². The molecule has 1 aliphatic carbocycles. The Morgan fingerprint density at radius 2 is 0.938 bits per heavy atom. The Bertz CT molecular complexity index is 3400. The largest absolute Gasteiger partial charge is 0.456 e. The number of benzene rings is 8. The van der Waals surface area contributed by atoms with Gasteiger partial charge < -0.3 is 4.74 Å². The third kappa shape index (κ3) is 5.95. The Balaban J connectivity index is 1.01. The normalized spacial score (nSPS) is 12.8. The van der Waals surface area contributed by atoms with Crippen LogP contribution in [0.15, 0.2) is 213 Å². The number of nitrogens with zero attached hydrogens (tertiary/aromatic N) is 3. The van der Waals surface area contributed by atoms with Gasteiger partial charge >= 0.3 is 0 Å². The minimum atomic E-state index is -0.654. The predicted molar refractivity (Wildman–Crippen MR) is 259 cm³/mol. The lowest BCUT2D eigenvalue weighted by Gasteiger charge is -2.40. The molecule has 1 aliphatic heterocycles. The molecule has 0 unspecified atom stereocenters. The summed E-state index contributed by atoms with van der Waals surface area (Å²) in [5.41, 5.74) is 20.6. The summed E-state index contributed by atoms with van der Waals surface area (Å²) in [5.74, 6) is 2.34. The monoisotopic (exact) mass is 819 g/mol. The summed E-state index contributed by atoms with van der Waals surface area (Å²) in [6, 6.07) is 71.9. The van der Waals surface area contributed by atoms with E-state index in [1.54, 1.807) is 0 Å². The molecule has 302 valence electrons. The lowest BCUT2D eigenvalue weighted by molar-refractivity contribution is 0.438. The smallest absolute Gasteiger partial charge is 0.141 e. The van der Waals surface area contributed by atoms with Crippen LogP contribution in [0.25, 0.3) is 78.1 Å². The van der Waals surface area contributed by atoms with Crippen LogP contribution in [-0.4, -0.2) is 15.0 Å². The first kappa shape index (κ1) is 37.5. The summed E-state index contributed by atoms with van der Waals surface area (Å²) in [7, 11) is 0. The zero-order valence-electron chi connectivity index (χ0n) is 35.5. The second-order valence-electron chi connectivity index (χ2n) is 16.8. The Morgan fingerprint density at radius 1 is 0.375 bits per heavy atom. The van der Waals surface area contributed by atoms with Crippen molar-refractivity contribution in [2.75, 3.05) is 0 Å². The van der Waals surface area contributed by atoms with Crippen LogP contribution >= 0.6 is 0 Å². The van der Waals surface area contributed by atoms with E-state index < -0.39 is 5.41 Å². The number of pyridine rings is 1. The SMILES string of the molecule is Cc1nc(-c2cccc(-c3ccccc3)c2)cc(-c2cccc3c2Oc2ccc(-c4ccc(-c5ccccc5-c5ccncc5C)cc4)cc2C32c3ccccc3-c3ccccc32)n1. The number of rotatable bonds is 6. The van der Waals surface area contributed by atoms with E-state index in [-0.39, 0.29) is 0 Å². The van der Waals surface area contributed by atoms with Gasteiger partial charge in [0.1, 0.15) is 17.3 Å². The summed E-state index contributed by atoms with van der Waals surface area (Å²) in [6.45, 7) is 4.09. The fourth-order valence-electron chi connectivity index (χ4n) is 10.2. The van der Waals surface area contributed by atoms with Gasteiger partial charge in [-0.05, 0) is 123 Å². The number of hydrogen-bond donors (Lipinski definition) is 0. The number of para-hydroxylation sites is 1. The van der Waals surface area contributed by atoms with Crippen molar-refractivity contribution < 1.29 is 4.74 Å². The molecule has 4 heteroatoms. The molecular formula is C60H41N3O. The molecule has 2 aromatic heterocycles. The molecule has 0 radical (unpaired) electrons. The molecular weight excluding hydrogens is 779 g/mol. The van der Waals surface area contributed by atoms with Gasteiger partial charge in [-0.15, -0.1) is 0 Å². The zero-order chi connectivity index (χ0) is 42.8. The van der Waals surface area contributed by atoms with E-state index in [1.807, 2.05) is 25.4 Å². The van der Waals surface area contributed by atoms with E-state index in [0.29, 0.717) is 5.82 Å². The van der Waals surface area contributed by atoms with Crippen molar-refractivity contribution in [3.05, 3.63) is 246 Å². The topological polar surface area (TPSA) is 47.9 Å². The molecule has 0 saturated carbocycles. The Kier molecular flexibility index (Phi) is 8.80. The first-order valence-corrected chi connectivity index (χ1v) is 21.8. The van der Waals surface area contributed by atoms with Crippen LogP contribution in [0.4, 0.5) is 0 Å². The molecule has 64 heavy (non-hydrogen) atoms. The molecule has 12 rings (SSSR count). The third-order valence-electron chi connectivity index (χ3n) is 13.1. The summed E-state index contributed by atoms with van der Waals surface area (Å²) in [6.07, 6.45) is 3.80. The van der Waals surface area contributed by atoms with Crippen LogP contribution in [0, 0.1) is 13.8 Å². The standard InChI is InChI=1S/C60H41N3O/c1-38-37-61-33-32-46(38)48-19-7-6-18-47(48)42-28-26-41(27-29-42)44-30-31-58-55(35-44)60(52-23-10-8-20-49(52)50-21-9-11-24-53(50)60)54-25-13-22-51(59(54)64-58)57-36-56(62-39(2)63-57)45-17-12-16-43(34-45)40-14-4-3-5-15-40/h3-37H,1-2H3. The molecule has 0 atom stereocenters. The van der Waals surface area contributed by atoms with Gasteiger partial charge in [-0.25, -0.2) is 9.97 Å². The van der Waals surface area contributed by atoms with E-state index in [1.165, 1.54) is 50.1 Å². The minimum absolute atomic E-state index is 0.654. The van der Waals surface area contributed by atoms with Gasteiger partial charge in [-0.2, -0.15) is 0 Å². The molecule has 0 bridgehead atoms. The van der Waals surface area contributed by atoms with Gasteiger partial charge in [-0.3, -0.25) is 4.98 Å². The van der Waals surface area contributed by atoms with Crippen LogP contribution in [0.2, 0.25) is 0 Å². The Hall–Kier alpha value is -8.21. The molecule has 3 heterocycles. The van der Waals surface area contributed by atoms with Crippen LogP contribution in [0.5, 0.6) is 11.5 Å². The highest BCUT2D eigenvalue weighted by atomic mass is 16.5. The predicted octanol–water partition coefficient (Wildman–Crippen LogP) is 15.0. The van der Waals surface area contributed by atoms with E-state index in [0.717, 1.165) is 67.4 Å². The highest BCUT2D eigenvalue weighted by molar-refractivity contribution is 5.91. The van der Waals surface area contributed by atoms with Gasteiger partial charge in [0.15, 0.2) is 0 Å². The number of hydrogen-bond acceptors (Lipinski definition) is 4. The molecule has 1 spiro atoms. The van der Waals surface area contributed by atoms with Crippen LogP contribution in [0.3, 0.4) is 0 Å². The molecule has 10 aromatic rings. The van der Waals surface area contributed by atoms with Gasteiger partial charge in [-0.1, -0.05) is 164 Å². The van der Waals surface area contributed by atoms with Gasteiger partial charge in [0.05, 0.1) is 16.8 Å². The average molecular weight is 820 g/mol. The van der Waals surface area contributed by atoms with Crippen LogP contribution in [0.1, 0.15) is 33.6 Å². The lowest BCUT2D eigenvalue weighted by Crippen LogP contribution is -2.32. The summed E-state index contributed by atoms with van der Waals surface area (Å²) in [4.78, 5) is 14.4. The Morgan fingerprint density at radius 3 is 1.70 bits per heavy atom. The number of aromatic nitrogens is 3. The molecule has 0 saturated heterocycles. The second kappa shape index (κ2) is 15.0. The van der Waals surface area contributed by atoms with Crippen molar-refractivity contribution in [2.45, 2.75) is 19.3 Å². The van der Waals surface area contributed by atoms with Crippen molar-refractivity contribution in [1.82, 2.24) is 15.0 Å². The molecule has 0 fully saturated rings. The highest BCUT2D eigenvalue weighted by Gasteiger charge is 2.51. The third-order valence-corrected chi connectivity index (χ3v) is 13.1. The highest BCUT2D eigenvalue weighted by Crippen LogP contribution is 2.63. The fraction of sp³-hybridized carbons (Fsp3) is 0.0500. The quantitative estimate of drug-likeness (QED) is 0.168. The summed E-state index contributed by atoms with van der Waals surface area (Å²) < 4.78 is 7.21. The van der Waals surface area contributed by atoms with Gasteiger partial charge in [0, 0.05) is 34.6 Å². The maximum atomic E-state index is 7.21. The van der Waals surface area contributed by atoms with Gasteiger partial charge in [0.25, 0.3) is 0 Å². The van der Waals surface area contributed by atoms with E-state index in [9.17, 15) is 0 Å². The maximum absolute atomic E-state index is 7.21. The van der Waals surface area contributed by atoms with Crippen molar-refractivity contribution in [3.63, 3.8) is 0 Å². The Labute approximate surface area is 373 Å². The van der Waals surface area contributed by atoms with E-state index >= 15 is 0 Å². The fourth-order valence-corrected chi connectivity index (χ4v) is 10.2. The molecule has 0 N–H and O–H groups in total. The molecule has 0 amide bonds. The average Bonchev–Trinajstić information content (AvgIpc) is 3.64. The first-order chi connectivity index (χ1) is 31.5.